The highest BCUT2D eigenvalue weighted by atomic mass is 16.6. The lowest BCUT2D eigenvalue weighted by Gasteiger charge is -2.33. The van der Waals surface area contributed by atoms with Crippen LogP contribution in [0.1, 0.15) is 12.7 Å². The molecule has 0 N–H and O–H groups in total. The molecule has 2 heterocycles. The van der Waals surface area contributed by atoms with Gasteiger partial charge in [0.15, 0.2) is 5.82 Å². The molecule has 1 fully saturated rings. The van der Waals surface area contributed by atoms with Crippen LogP contribution in [-0.2, 0) is 6.42 Å². The number of nitro benzene ring substituents is 1. The Hall–Kier alpha value is -2.48. The van der Waals surface area contributed by atoms with Gasteiger partial charge in [-0.05, 0) is 19.2 Å². The third kappa shape index (κ3) is 3.16. The number of benzene rings is 1. The number of hydrogen-bond acceptors (Lipinski definition) is 7. The standard InChI is InChI=1S/C15H19N5O3/c1-3-14-16-15(23-17-14)11-4-5-12(13(10-11)20(21)22)19-8-6-18(2)7-9-19/h4-5,10H,3,6-9H2,1-2H3. The molecule has 2 aromatic rings. The zero-order valence-electron chi connectivity index (χ0n) is 13.2. The van der Waals surface area contributed by atoms with Gasteiger partial charge in [-0.25, -0.2) is 0 Å². The van der Waals surface area contributed by atoms with Crippen molar-refractivity contribution in [3.05, 3.63) is 34.1 Å². The lowest BCUT2D eigenvalue weighted by molar-refractivity contribution is -0.384. The average Bonchev–Trinajstić information content (AvgIpc) is 3.04. The zero-order chi connectivity index (χ0) is 16.4. The summed E-state index contributed by atoms with van der Waals surface area (Å²) < 4.78 is 5.17. The highest BCUT2D eigenvalue weighted by Gasteiger charge is 2.24. The van der Waals surface area contributed by atoms with Crippen LogP contribution in [0.3, 0.4) is 0 Å². The van der Waals surface area contributed by atoms with E-state index in [2.05, 4.69) is 22.1 Å². The number of rotatable bonds is 4. The van der Waals surface area contributed by atoms with E-state index in [1.807, 2.05) is 11.8 Å². The van der Waals surface area contributed by atoms with E-state index in [0.717, 1.165) is 26.2 Å². The fourth-order valence-corrected chi connectivity index (χ4v) is 2.63. The van der Waals surface area contributed by atoms with Crippen LogP contribution >= 0.6 is 0 Å². The lowest BCUT2D eigenvalue weighted by Crippen LogP contribution is -2.44. The second-order valence-electron chi connectivity index (χ2n) is 5.62. The number of piperazine rings is 1. The number of hydrogen-bond donors (Lipinski definition) is 0. The Balaban J connectivity index is 1.94. The predicted octanol–water partition coefficient (Wildman–Crippen LogP) is 1.96. The van der Waals surface area contributed by atoms with Gasteiger partial charge in [-0.2, -0.15) is 4.98 Å². The second kappa shape index (κ2) is 6.33. The molecule has 122 valence electrons. The molecule has 0 aliphatic carbocycles. The number of nitrogens with zero attached hydrogens (tertiary/aromatic N) is 5. The zero-order valence-corrected chi connectivity index (χ0v) is 13.2. The first-order chi connectivity index (χ1) is 11.1. The smallest absolute Gasteiger partial charge is 0.293 e. The molecule has 3 rings (SSSR count). The summed E-state index contributed by atoms with van der Waals surface area (Å²) in [5, 5.41) is 15.3. The molecular weight excluding hydrogens is 298 g/mol. The minimum absolute atomic E-state index is 0.0725. The maximum atomic E-state index is 11.5. The summed E-state index contributed by atoms with van der Waals surface area (Å²) >= 11 is 0. The summed E-state index contributed by atoms with van der Waals surface area (Å²) in [6.45, 7) is 5.26. The van der Waals surface area contributed by atoms with E-state index < -0.39 is 0 Å². The molecule has 0 atom stereocenters. The van der Waals surface area contributed by atoms with Crippen LogP contribution in [0.4, 0.5) is 11.4 Å². The molecule has 23 heavy (non-hydrogen) atoms. The first kappa shape index (κ1) is 15.4. The van der Waals surface area contributed by atoms with E-state index in [1.165, 1.54) is 6.07 Å². The van der Waals surface area contributed by atoms with Crippen molar-refractivity contribution in [3.8, 4) is 11.5 Å². The van der Waals surface area contributed by atoms with Crippen molar-refractivity contribution in [2.45, 2.75) is 13.3 Å². The van der Waals surface area contributed by atoms with Gasteiger partial charge >= 0.3 is 0 Å². The van der Waals surface area contributed by atoms with Crippen LogP contribution < -0.4 is 4.90 Å². The van der Waals surface area contributed by atoms with Gasteiger partial charge < -0.3 is 14.3 Å². The Bertz CT molecular complexity index is 707. The molecule has 8 nitrogen and oxygen atoms in total. The predicted molar refractivity (Wildman–Crippen MR) is 85.5 cm³/mol. The Morgan fingerprint density at radius 2 is 2.04 bits per heavy atom. The number of aryl methyl sites for hydroxylation is 1. The van der Waals surface area contributed by atoms with Crippen LogP contribution in [0.5, 0.6) is 0 Å². The highest BCUT2D eigenvalue weighted by Crippen LogP contribution is 2.33. The van der Waals surface area contributed by atoms with Crippen molar-refractivity contribution >= 4 is 11.4 Å². The molecule has 0 saturated carbocycles. The van der Waals surface area contributed by atoms with Crippen LogP contribution in [-0.4, -0.2) is 53.2 Å². The summed E-state index contributed by atoms with van der Waals surface area (Å²) in [5.74, 6) is 0.903. The summed E-state index contributed by atoms with van der Waals surface area (Å²) in [7, 11) is 2.05. The van der Waals surface area contributed by atoms with Gasteiger partial charge in [-0.3, -0.25) is 10.1 Å². The van der Waals surface area contributed by atoms with E-state index >= 15 is 0 Å². The molecule has 1 aromatic carbocycles. The molecule has 0 radical (unpaired) electrons. The SMILES string of the molecule is CCc1noc(-c2ccc(N3CCN(C)CC3)c([N+](=O)[O-])c2)n1. The van der Waals surface area contributed by atoms with Crippen LogP contribution in [0, 0.1) is 10.1 Å². The quantitative estimate of drug-likeness (QED) is 0.629. The fourth-order valence-electron chi connectivity index (χ4n) is 2.63. The van der Waals surface area contributed by atoms with Gasteiger partial charge in [0, 0.05) is 44.2 Å². The van der Waals surface area contributed by atoms with E-state index in [4.69, 9.17) is 4.52 Å². The number of anilines is 1. The summed E-state index contributed by atoms with van der Waals surface area (Å²) in [5.41, 5.74) is 1.28. The van der Waals surface area contributed by atoms with Gasteiger partial charge in [0.05, 0.1) is 4.92 Å². The third-order valence-electron chi connectivity index (χ3n) is 4.05. The largest absolute Gasteiger partial charge is 0.363 e. The Kier molecular flexibility index (Phi) is 4.24. The van der Waals surface area contributed by atoms with Crippen LogP contribution in [0.25, 0.3) is 11.5 Å². The first-order valence-corrected chi connectivity index (χ1v) is 7.63. The van der Waals surface area contributed by atoms with Gasteiger partial charge in [0.1, 0.15) is 5.69 Å². The molecule has 1 aliphatic heterocycles. The van der Waals surface area contributed by atoms with Crippen molar-refractivity contribution in [2.24, 2.45) is 0 Å². The number of nitro groups is 1. The average molecular weight is 317 g/mol. The maximum Gasteiger partial charge on any atom is 0.293 e. The maximum absolute atomic E-state index is 11.5. The van der Waals surface area contributed by atoms with Crippen molar-refractivity contribution in [1.29, 1.82) is 0 Å². The summed E-state index contributed by atoms with van der Waals surface area (Å²) in [6.07, 6.45) is 0.658. The van der Waals surface area contributed by atoms with E-state index in [1.54, 1.807) is 12.1 Å². The molecule has 1 aromatic heterocycles. The number of likely N-dealkylation sites (N-methyl/N-ethyl adjacent to an activating group) is 1. The minimum Gasteiger partial charge on any atom is -0.363 e. The number of aromatic nitrogens is 2. The normalized spacial score (nSPS) is 15.8. The van der Waals surface area contributed by atoms with Crippen molar-refractivity contribution in [2.75, 3.05) is 38.1 Å². The van der Waals surface area contributed by atoms with Crippen molar-refractivity contribution < 1.29 is 9.45 Å². The third-order valence-corrected chi connectivity index (χ3v) is 4.05. The highest BCUT2D eigenvalue weighted by molar-refractivity contribution is 5.71. The minimum atomic E-state index is -0.353. The second-order valence-corrected chi connectivity index (χ2v) is 5.62. The Morgan fingerprint density at radius 1 is 1.30 bits per heavy atom. The lowest BCUT2D eigenvalue weighted by atomic mass is 10.1. The fraction of sp³-hybridized carbons (Fsp3) is 0.467. The van der Waals surface area contributed by atoms with E-state index in [9.17, 15) is 10.1 Å². The molecule has 1 saturated heterocycles. The van der Waals surface area contributed by atoms with Crippen molar-refractivity contribution in [1.82, 2.24) is 15.0 Å². The molecule has 0 unspecified atom stereocenters. The van der Waals surface area contributed by atoms with Crippen LogP contribution in [0.15, 0.2) is 22.7 Å². The van der Waals surface area contributed by atoms with Gasteiger partial charge in [0.25, 0.3) is 11.6 Å². The van der Waals surface area contributed by atoms with E-state index in [-0.39, 0.29) is 10.6 Å². The summed E-state index contributed by atoms with van der Waals surface area (Å²) in [6, 6.07) is 5.09. The molecule has 0 spiro atoms. The van der Waals surface area contributed by atoms with Crippen molar-refractivity contribution in [3.63, 3.8) is 0 Å². The Morgan fingerprint density at radius 3 is 2.65 bits per heavy atom. The molecule has 0 amide bonds. The molecule has 8 heteroatoms. The molecule has 0 bridgehead atoms. The first-order valence-electron chi connectivity index (χ1n) is 7.63. The van der Waals surface area contributed by atoms with Crippen LogP contribution in [0.2, 0.25) is 0 Å². The summed E-state index contributed by atoms with van der Waals surface area (Å²) in [4.78, 5) is 19.6. The van der Waals surface area contributed by atoms with Gasteiger partial charge in [0.2, 0.25) is 0 Å². The van der Waals surface area contributed by atoms with Gasteiger partial charge in [-0.1, -0.05) is 12.1 Å². The molecular formula is C15H19N5O3. The van der Waals surface area contributed by atoms with E-state index in [0.29, 0.717) is 29.4 Å². The Labute approximate surface area is 133 Å². The topological polar surface area (TPSA) is 88.5 Å². The van der Waals surface area contributed by atoms with Gasteiger partial charge in [-0.15, -0.1) is 0 Å². The molecule has 1 aliphatic rings. The monoisotopic (exact) mass is 317 g/mol.